The van der Waals surface area contributed by atoms with Crippen LogP contribution in [0.15, 0.2) is 10.1 Å². The number of likely N-dealkylation sites (N-methyl/N-ethyl adjacent to an activating group) is 1. The Kier molecular flexibility index (Phi) is 9.66. The summed E-state index contributed by atoms with van der Waals surface area (Å²) in [5.74, 6) is 0. The molecule has 0 spiro atoms. The molecular weight excluding hydrogens is 182 g/mol. The van der Waals surface area contributed by atoms with Crippen molar-refractivity contribution in [3.63, 3.8) is 0 Å². The van der Waals surface area contributed by atoms with Gasteiger partial charge in [-0.2, -0.15) is 5.26 Å². The van der Waals surface area contributed by atoms with Crippen LogP contribution >= 0.6 is 0 Å². The van der Waals surface area contributed by atoms with Crippen molar-refractivity contribution >= 4 is 6.01 Å². The predicted octanol–water partition coefficient (Wildman–Crippen LogP) is 1.21. The first kappa shape index (κ1) is 14.7. The van der Waals surface area contributed by atoms with Gasteiger partial charge in [-0.3, -0.25) is 0 Å². The molecule has 0 aliphatic carbocycles. The minimum absolute atomic E-state index is 0.583. The summed E-state index contributed by atoms with van der Waals surface area (Å²) in [5.41, 5.74) is 7.91. The summed E-state index contributed by atoms with van der Waals surface area (Å²) in [6.07, 6.45) is 1.28. The van der Waals surface area contributed by atoms with Crippen molar-refractivity contribution in [2.24, 2.45) is 10.1 Å². The van der Waals surface area contributed by atoms with Crippen LogP contribution in [0.5, 0.6) is 0 Å². The highest BCUT2D eigenvalue weighted by molar-refractivity contribution is 5.46. The Morgan fingerprint density at radius 2 is 2.00 bits per heavy atom. The van der Waals surface area contributed by atoms with Crippen LogP contribution in [0.4, 0.5) is 0 Å². The van der Waals surface area contributed by atoms with Crippen molar-refractivity contribution < 1.29 is 4.48 Å². The monoisotopic (exact) mass is 195 g/mol. The van der Waals surface area contributed by atoms with Crippen LogP contribution in [0, 0.1) is 11.5 Å². The maximum absolute atomic E-state index is 7.91. The highest BCUT2D eigenvalue weighted by Gasteiger charge is 2.03. The number of nitriles is 1. The summed E-state index contributed by atoms with van der Waals surface area (Å²) >= 11 is 0. The van der Waals surface area contributed by atoms with Gasteiger partial charge in [0.25, 0.3) is 0 Å². The van der Waals surface area contributed by atoms with Crippen LogP contribution in [0.25, 0.3) is 15.9 Å². The second-order valence-corrected chi connectivity index (χ2v) is 3.28. The van der Waals surface area contributed by atoms with Gasteiger partial charge in [-0.1, -0.05) is 5.11 Å². The molecule has 0 heterocycles. The summed E-state index contributed by atoms with van der Waals surface area (Å²) in [6.45, 7) is 1.48. The average Bonchev–Trinajstić information content (AvgIpc) is 2.05. The molecule has 0 fully saturated rings. The Hall–Kier alpha value is -1.86. The second-order valence-electron chi connectivity index (χ2n) is 3.28. The van der Waals surface area contributed by atoms with Gasteiger partial charge < -0.3 is 14.9 Å². The molecule has 0 aliphatic rings. The van der Waals surface area contributed by atoms with Gasteiger partial charge in [0.15, 0.2) is 0 Å². The molecule has 0 bridgehead atoms. The van der Waals surface area contributed by atoms with Crippen LogP contribution in [-0.2, 0) is 0 Å². The van der Waals surface area contributed by atoms with E-state index in [0.29, 0.717) is 6.54 Å². The third-order valence-corrected chi connectivity index (χ3v) is 1.03. The quantitative estimate of drug-likeness (QED) is 0.165. The number of hydrogen-bond donors (Lipinski definition) is 0. The zero-order valence-corrected chi connectivity index (χ0v) is 8.54. The van der Waals surface area contributed by atoms with Crippen LogP contribution in [-0.4, -0.2) is 44.7 Å². The zero-order valence-electron chi connectivity index (χ0n) is 8.54. The molecule has 0 radical (unpaired) electrons. The van der Waals surface area contributed by atoms with Crippen molar-refractivity contribution in [3.05, 3.63) is 15.9 Å². The molecule has 0 N–H and O–H groups in total. The summed E-state index contributed by atoms with van der Waals surface area (Å²) in [7, 11) is 6.19. The first-order chi connectivity index (χ1) is 6.47. The van der Waals surface area contributed by atoms with Gasteiger partial charge in [-0.05, 0) is 5.53 Å². The largest absolute Gasteiger partial charge is 0.422 e. The highest BCUT2D eigenvalue weighted by Crippen LogP contribution is 1.88. The maximum Gasteiger partial charge on any atom is 0.0925 e. The van der Waals surface area contributed by atoms with Gasteiger partial charge >= 0.3 is 0 Å². The van der Waals surface area contributed by atoms with Gasteiger partial charge in [-0.25, -0.2) is 0 Å². The Balaban J connectivity index is 0. The first-order valence-electron chi connectivity index (χ1n) is 3.77. The average molecular weight is 195 g/mol. The van der Waals surface area contributed by atoms with E-state index < -0.39 is 0 Å². The fourth-order valence-electron chi connectivity index (χ4n) is 0.412. The fraction of sp³-hybridized carbons (Fsp3) is 0.714. The molecular formula is C7H13N7. The lowest BCUT2D eigenvalue weighted by molar-refractivity contribution is -0.868. The normalized spacial score (nSPS) is 8.14. The molecule has 0 atom stereocenters. The molecule has 0 saturated carbocycles. The molecule has 0 unspecified atom stereocenters. The van der Waals surface area contributed by atoms with Crippen LogP contribution in [0.3, 0.4) is 0 Å². The molecule has 14 heavy (non-hydrogen) atoms. The number of aliphatic imine (C=N–C) groups is 1. The molecule has 0 aromatic heterocycles. The van der Waals surface area contributed by atoms with E-state index in [2.05, 4.69) is 36.2 Å². The lowest BCUT2D eigenvalue weighted by Gasteiger charge is -2.22. The van der Waals surface area contributed by atoms with E-state index in [1.165, 1.54) is 12.2 Å². The Labute approximate surface area is 83.0 Å². The SMILES string of the molecule is C[N+](C)(C)CCN=[N+]=[N-].N#CN=C=[N-]. The lowest BCUT2D eigenvalue weighted by atomic mass is 10.5. The van der Waals surface area contributed by atoms with Crippen molar-refractivity contribution in [1.82, 2.24) is 0 Å². The molecule has 0 aromatic carbocycles. The third-order valence-electron chi connectivity index (χ3n) is 1.03. The van der Waals surface area contributed by atoms with Gasteiger partial charge in [0.2, 0.25) is 0 Å². The molecule has 0 aromatic rings. The van der Waals surface area contributed by atoms with Crippen LogP contribution < -0.4 is 0 Å². The summed E-state index contributed by atoms with van der Waals surface area (Å²) < 4.78 is 0.846. The number of azide groups is 1. The van der Waals surface area contributed by atoms with E-state index in [1.807, 2.05) is 0 Å². The lowest BCUT2D eigenvalue weighted by Crippen LogP contribution is -2.36. The van der Waals surface area contributed by atoms with Crippen LogP contribution in [0.1, 0.15) is 0 Å². The van der Waals surface area contributed by atoms with Gasteiger partial charge in [-0.15, -0.1) is 6.01 Å². The molecule has 76 valence electrons. The van der Waals surface area contributed by atoms with E-state index in [0.717, 1.165) is 11.0 Å². The molecule has 0 amide bonds. The number of nitrogens with zero attached hydrogens (tertiary/aromatic N) is 7. The Morgan fingerprint density at radius 1 is 1.43 bits per heavy atom. The fourth-order valence-corrected chi connectivity index (χ4v) is 0.412. The smallest absolute Gasteiger partial charge is 0.0925 e. The van der Waals surface area contributed by atoms with Crippen molar-refractivity contribution in [1.29, 1.82) is 5.26 Å². The van der Waals surface area contributed by atoms with Crippen molar-refractivity contribution in [2.75, 3.05) is 34.2 Å². The van der Waals surface area contributed by atoms with Crippen molar-refractivity contribution in [2.45, 2.75) is 0 Å². The Morgan fingerprint density at radius 3 is 2.21 bits per heavy atom. The topological polar surface area (TPSA) is 107 Å². The standard InChI is InChI=1S/C5H13N4.C2N3/c1-9(2,3)5-4-7-8-6;3-1-5-2-4/h4-5H2,1-3H3;/q+1;-1. The van der Waals surface area contributed by atoms with Crippen molar-refractivity contribution in [3.8, 4) is 6.19 Å². The highest BCUT2D eigenvalue weighted by atomic mass is 15.3. The molecule has 0 saturated heterocycles. The van der Waals surface area contributed by atoms with Gasteiger partial charge in [0.1, 0.15) is 0 Å². The van der Waals surface area contributed by atoms with Gasteiger partial charge in [0, 0.05) is 4.91 Å². The van der Waals surface area contributed by atoms with Gasteiger partial charge in [0.05, 0.1) is 40.4 Å². The summed E-state index contributed by atoms with van der Waals surface area (Å²) in [4.78, 5) is 5.24. The number of hydrogen-bond acceptors (Lipinski definition) is 3. The number of rotatable bonds is 3. The molecule has 0 rings (SSSR count). The summed E-state index contributed by atoms with van der Waals surface area (Å²) in [5, 5.41) is 18.3. The van der Waals surface area contributed by atoms with Crippen LogP contribution in [0.2, 0.25) is 0 Å². The van der Waals surface area contributed by atoms with E-state index >= 15 is 0 Å². The first-order valence-corrected chi connectivity index (χ1v) is 3.77. The predicted molar refractivity (Wildman–Crippen MR) is 53.3 cm³/mol. The van der Waals surface area contributed by atoms with E-state index in [9.17, 15) is 0 Å². The minimum Gasteiger partial charge on any atom is -0.422 e. The van der Waals surface area contributed by atoms with E-state index in [4.69, 9.17) is 16.2 Å². The summed E-state index contributed by atoms with van der Waals surface area (Å²) in [6, 6.07) is 1.28. The molecule has 0 aliphatic heterocycles. The number of quaternary nitrogens is 1. The van der Waals surface area contributed by atoms with E-state index in [1.54, 1.807) is 0 Å². The second kappa shape index (κ2) is 9.23. The zero-order chi connectivity index (χ0) is 11.4. The van der Waals surface area contributed by atoms with E-state index in [-0.39, 0.29) is 0 Å². The Bertz CT molecular complexity index is 269. The maximum atomic E-state index is 7.91. The third kappa shape index (κ3) is 22.5. The molecule has 7 nitrogen and oxygen atoms in total. The molecule has 7 heteroatoms. The minimum atomic E-state index is 0.583.